The van der Waals surface area contributed by atoms with Crippen LogP contribution in [0.1, 0.15) is 19.4 Å². The number of aliphatic hydroxyl groups excluding tert-OH is 1. The molecule has 0 bridgehead atoms. The Morgan fingerprint density at radius 1 is 1.33 bits per heavy atom. The highest BCUT2D eigenvalue weighted by Gasteiger charge is 2.37. The molecule has 1 aliphatic rings. The molecule has 1 aliphatic heterocycles. The summed E-state index contributed by atoms with van der Waals surface area (Å²) in [5.74, 6) is 0.0621. The number of benzene rings is 1. The van der Waals surface area contributed by atoms with Crippen molar-refractivity contribution in [2.24, 2.45) is 17.0 Å². The maximum atomic E-state index is 9.55. The number of hydrogen-bond donors (Lipinski definition) is 1. The van der Waals surface area contributed by atoms with Gasteiger partial charge >= 0.3 is 0 Å². The van der Waals surface area contributed by atoms with Crippen molar-refractivity contribution in [3.8, 4) is 0 Å². The minimum Gasteiger partial charge on any atom is -0.396 e. The van der Waals surface area contributed by atoms with Crippen LogP contribution < -0.4 is 0 Å². The average Bonchev–Trinajstić information content (AvgIpc) is 2.72. The van der Waals surface area contributed by atoms with Gasteiger partial charge in [0.15, 0.2) is 0 Å². The molecule has 1 aromatic rings. The topological polar surface area (TPSA) is 41.8 Å². The van der Waals surface area contributed by atoms with Gasteiger partial charge in [0.2, 0.25) is 0 Å². The molecule has 0 radical (unpaired) electrons. The second-order valence-electron chi connectivity index (χ2n) is 4.68. The molecule has 0 saturated carbocycles. The zero-order valence-corrected chi connectivity index (χ0v) is 11.7. The molecule has 2 unspecified atom stereocenters. The van der Waals surface area contributed by atoms with Crippen molar-refractivity contribution < 1.29 is 9.94 Å². The van der Waals surface area contributed by atoms with E-state index >= 15 is 0 Å². The van der Waals surface area contributed by atoms with Crippen molar-refractivity contribution in [3.05, 3.63) is 33.8 Å². The molecular weight excluding hydrogens is 273 g/mol. The normalized spacial score (nSPS) is 23.1. The van der Waals surface area contributed by atoms with Gasteiger partial charge < -0.3 is 9.94 Å². The first-order chi connectivity index (χ1) is 8.56. The molecular formula is C13H15Cl2NO2. The number of nitrogens with zero attached hydrogens (tertiary/aromatic N) is 1. The summed E-state index contributed by atoms with van der Waals surface area (Å²) in [5, 5.41) is 14.7. The van der Waals surface area contributed by atoms with Crippen LogP contribution in [0.5, 0.6) is 0 Å². The van der Waals surface area contributed by atoms with Crippen molar-refractivity contribution in [3.63, 3.8) is 0 Å². The molecule has 98 valence electrons. The van der Waals surface area contributed by atoms with E-state index in [0.717, 1.165) is 0 Å². The minimum absolute atomic E-state index is 0.0385. The van der Waals surface area contributed by atoms with E-state index in [-0.39, 0.29) is 24.5 Å². The van der Waals surface area contributed by atoms with E-state index in [9.17, 15) is 5.11 Å². The molecule has 1 N–H and O–H groups in total. The van der Waals surface area contributed by atoms with Gasteiger partial charge in [-0.05, 0) is 18.1 Å². The number of rotatable bonds is 3. The summed E-state index contributed by atoms with van der Waals surface area (Å²) in [6.45, 7) is 4.02. The SMILES string of the molecule is CC(C)C1ON=C(c2c(Cl)cccc2Cl)C1CO. The van der Waals surface area contributed by atoms with E-state index < -0.39 is 0 Å². The van der Waals surface area contributed by atoms with E-state index in [0.29, 0.717) is 21.3 Å². The fourth-order valence-corrected chi connectivity index (χ4v) is 2.76. The van der Waals surface area contributed by atoms with Gasteiger partial charge in [0.05, 0.1) is 28.3 Å². The third-order valence-corrected chi connectivity index (χ3v) is 3.72. The van der Waals surface area contributed by atoms with Crippen LogP contribution in [0.3, 0.4) is 0 Å². The van der Waals surface area contributed by atoms with Crippen LogP contribution in [-0.2, 0) is 4.84 Å². The fourth-order valence-electron chi connectivity index (χ4n) is 2.16. The van der Waals surface area contributed by atoms with Crippen molar-refractivity contribution in [1.29, 1.82) is 0 Å². The van der Waals surface area contributed by atoms with Crippen LogP contribution in [0.15, 0.2) is 23.4 Å². The van der Waals surface area contributed by atoms with Gasteiger partial charge in [-0.25, -0.2) is 0 Å². The lowest BCUT2D eigenvalue weighted by Gasteiger charge is -2.20. The second kappa shape index (κ2) is 5.47. The number of oxime groups is 1. The standard InChI is InChI=1S/C13H15Cl2NO2/c1-7(2)13-8(6-17)12(16-18-13)11-9(14)4-3-5-10(11)15/h3-5,7-8,13,17H,6H2,1-2H3. The van der Waals surface area contributed by atoms with Gasteiger partial charge in [-0.2, -0.15) is 0 Å². The van der Waals surface area contributed by atoms with Crippen LogP contribution in [0.2, 0.25) is 10.0 Å². The summed E-state index contributed by atoms with van der Waals surface area (Å²) in [7, 11) is 0. The Morgan fingerprint density at radius 2 is 1.94 bits per heavy atom. The lowest BCUT2D eigenvalue weighted by atomic mass is 9.87. The highest BCUT2D eigenvalue weighted by molar-refractivity contribution is 6.40. The zero-order chi connectivity index (χ0) is 13.3. The maximum Gasteiger partial charge on any atom is 0.140 e. The van der Waals surface area contributed by atoms with Gasteiger partial charge in [0.25, 0.3) is 0 Å². The zero-order valence-electron chi connectivity index (χ0n) is 10.2. The summed E-state index contributed by atoms with van der Waals surface area (Å²) in [5.41, 5.74) is 1.29. The first kappa shape index (κ1) is 13.7. The Labute approximate surface area is 116 Å². The molecule has 5 heteroatoms. The molecule has 0 aliphatic carbocycles. The Balaban J connectivity index is 2.40. The summed E-state index contributed by atoms with van der Waals surface area (Å²) in [6, 6.07) is 5.28. The molecule has 1 aromatic carbocycles. The van der Waals surface area contributed by atoms with E-state index in [1.165, 1.54) is 0 Å². The molecule has 2 rings (SSSR count). The summed E-state index contributed by atoms with van der Waals surface area (Å²) in [4.78, 5) is 5.41. The van der Waals surface area contributed by atoms with Gasteiger partial charge in [-0.1, -0.05) is 48.3 Å². The fraction of sp³-hybridized carbons (Fsp3) is 0.462. The molecule has 1 heterocycles. The lowest BCUT2D eigenvalue weighted by Crippen LogP contribution is -2.31. The molecule has 0 aromatic heterocycles. The molecule has 18 heavy (non-hydrogen) atoms. The first-order valence-electron chi connectivity index (χ1n) is 5.85. The Kier molecular flexibility index (Phi) is 4.15. The molecule has 0 amide bonds. The number of aliphatic hydroxyl groups is 1. The van der Waals surface area contributed by atoms with E-state index in [1.807, 2.05) is 13.8 Å². The Morgan fingerprint density at radius 3 is 2.44 bits per heavy atom. The Hall–Kier alpha value is -0.770. The highest BCUT2D eigenvalue weighted by atomic mass is 35.5. The van der Waals surface area contributed by atoms with E-state index in [1.54, 1.807) is 18.2 Å². The van der Waals surface area contributed by atoms with Crippen LogP contribution in [0.25, 0.3) is 0 Å². The highest BCUT2D eigenvalue weighted by Crippen LogP contribution is 2.34. The largest absolute Gasteiger partial charge is 0.396 e. The molecule has 2 atom stereocenters. The van der Waals surface area contributed by atoms with E-state index in [2.05, 4.69) is 5.16 Å². The first-order valence-corrected chi connectivity index (χ1v) is 6.60. The van der Waals surface area contributed by atoms with Crippen LogP contribution >= 0.6 is 23.2 Å². The summed E-state index contributed by atoms with van der Waals surface area (Å²) < 4.78 is 0. The van der Waals surface area contributed by atoms with Gasteiger partial charge in [0, 0.05) is 5.56 Å². The van der Waals surface area contributed by atoms with Crippen LogP contribution in [-0.4, -0.2) is 23.5 Å². The van der Waals surface area contributed by atoms with Crippen molar-refractivity contribution in [2.75, 3.05) is 6.61 Å². The van der Waals surface area contributed by atoms with Crippen LogP contribution in [0.4, 0.5) is 0 Å². The number of halogens is 2. The van der Waals surface area contributed by atoms with E-state index in [4.69, 9.17) is 28.0 Å². The molecule has 3 nitrogen and oxygen atoms in total. The average molecular weight is 288 g/mol. The summed E-state index contributed by atoms with van der Waals surface area (Å²) >= 11 is 12.3. The summed E-state index contributed by atoms with van der Waals surface area (Å²) in [6.07, 6.45) is -0.141. The van der Waals surface area contributed by atoms with Gasteiger partial charge in [0.1, 0.15) is 6.10 Å². The third kappa shape index (κ3) is 2.35. The number of hydrogen-bond acceptors (Lipinski definition) is 3. The maximum absolute atomic E-state index is 9.55. The second-order valence-corrected chi connectivity index (χ2v) is 5.49. The molecule has 0 fully saturated rings. The smallest absolute Gasteiger partial charge is 0.140 e. The van der Waals surface area contributed by atoms with Crippen molar-refractivity contribution >= 4 is 28.9 Å². The lowest BCUT2D eigenvalue weighted by molar-refractivity contribution is 0.0151. The molecule has 0 spiro atoms. The van der Waals surface area contributed by atoms with Crippen molar-refractivity contribution in [2.45, 2.75) is 20.0 Å². The monoisotopic (exact) mass is 287 g/mol. The van der Waals surface area contributed by atoms with Gasteiger partial charge in [-0.15, -0.1) is 0 Å². The Bertz CT molecular complexity index is 454. The molecule has 0 saturated heterocycles. The van der Waals surface area contributed by atoms with Crippen LogP contribution in [0, 0.1) is 11.8 Å². The quantitative estimate of drug-likeness (QED) is 0.926. The van der Waals surface area contributed by atoms with Crippen molar-refractivity contribution in [1.82, 2.24) is 0 Å². The third-order valence-electron chi connectivity index (χ3n) is 3.09. The van der Waals surface area contributed by atoms with Gasteiger partial charge in [-0.3, -0.25) is 0 Å². The minimum atomic E-state index is -0.192. The predicted octanol–water partition coefficient (Wildman–Crippen LogP) is 3.36. The predicted molar refractivity (Wildman–Crippen MR) is 73.3 cm³/mol.